The minimum atomic E-state index is -0.262. The van der Waals surface area contributed by atoms with Gasteiger partial charge in [-0.15, -0.1) is 0 Å². The molecule has 3 aromatic rings. The first-order chi connectivity index (χ1) is 9.54. The van der Waals surface area contributed by atoms with Crippen molar-refractivity contribution in [2.75, 3.05) is 11.5 Å². The molecular weight excluding hydrogens is 257 g/mol. The maximum Gasteiger partial charge on any atom is 0.222 e. The normalized spacial score (nSPS) is 10.9. The molecule has 0 aliphatic heterocycles. The van der Waals surface area contributed by atoms with Gasteiger partial charge in [0.2, 0.25) is 5.95 Å². The van der Waals surface area contributed by atoms with Gasteiger partial charge in [0.1, 0.15) is 11.6 Å². The van der Waals surface area contributed by atoms with E-state index in [0.717, 1.165) is 10.9 Å². The van der Waals surface area contributed by atoms with E-state index in [1.165, 1.54) is 6.07 Å². The molecule has 0 saturated carbocycles. The quantitative estimate of drug-likeness (QED) is 0.707. The number of hydrogen-bond acceptors (Lipinski definition) is 5. The van der Waals surface area contributed by atoms with Gasteiger partial charge in [0.05, 0.1) is 5.69 Å². The van der Waals surface area contributed by atoms with Crippen molar-refractivity contribution in [1.82, 2.24) is 15.0 Å². The van der Waals surface area contributed by atoms with Gasteiger partial charge in [0.15, 0.2) is 5.65 Å². The SMILES string of the molecule is Cc1cc(-c2nc(N)nc3nc(N)ccc23)ccc1F. The van der Waals surface area contributed by atoms with Crippen molar-refractivity contribution >= 4 is 22.8 Å². The summed E-state index contributed by atoms with van der Waals surface area (Å²) < 4.78 is 13.4. The van der Waals surface area contributed by atoms with E-state index in [2.05, 4.69) is 15.0 Å². The lowest BCUT2D eigenvalue weighted by Crippen LogP contribution is -2.01. The lowest BCUT2D eigenvalue weighted by Gasteiger charge is -2.08. The molecule has 20 heavy (non-hydrogen) atoms. The molecule has 2 aromatic heterocycles. The van der Waals surface area contributed by atoms with Gasteiger partial charge in [-0.25, -0.2) is 14.4 Å². The molecule has 0 aliphatic carbocycles. The van der Waals surface area contributed by atoms with Gasteiger partial charge >= 0.3 is 0 Å². The largest absolute Gasteiger partial charge is 0.384 e. The molecule has 6 heteroatoms. The highest BCUT2D eigenvalue weighted by molar-refractivity contribution is 5.91. The van der Waals surface area contributed by atoms with Crippen molar-refractivity contribution in [1.29, 1.82) is 0 Å². The van der Waals surface area contributed by atoms with Crippen molar-refractivity contribution in [2.45, 2.75) is 6.92 Å². The number of nitrogens with two attached hydrogens (primary N) is 2. The summed E-state index contributed by atoms with van der Waals surface area (Å²) in [5, 5.41) is 0.722. The molecular formula is C14H12FN5. The fourth-order valence-corrected chi connectivity index (χ4v) is 2.05. The predicted octanol–water partition coefficient (Wildman–Crippen LogP) is 2.30. The average molecular weight is 269 g/mol. The summed E-state index contributed by atoms with van der Waals surface area (Å²) in [4.78, 5) is 12.4. The summed E-state index contributed by atoms with van der Waals surface area (Å²) in [6.45, 7) is 1.70. The zero-order valence-corrected chi connectivity index (χ0v) is 10.8. The van der Waals surface area contributed by atoms with Gasteiger partial charge in [-0.1, -0.05) is 0 Å². The minimum Gasteiger partial charge on any atom is -0.384 e. The summed E-state index contributed by atoms with van der Waals surface area (Å²) in [6, 6.07) is 8.22. The highest BCUT2D eigenvalue weighted by atomic mass is 19.1. The average Bonchev–Trinajstić information content (AvgIpc) is 2.40. The molecule has 0 fully saturated rings. The van der Waals surface area contributed by atoms with Crippen molar-refractivity contribution < 1.29 is 4.39 Å². The number of pyridine rings is 1. The smallest absolute Gasteiger partial charge is 0.222 e. The Morgan fingerprint density at radius 2 is 1.80 bits per heavy atom. The molecule has 3 rings (SSSR count). The summed E-state index contributed by atoms with van der Waals surface area (Å²) in [5.74, 6) is 0.201. The van der Waals surface area contributed by atoms with Crippen LogP contribution in [0.15, 0.2) is 30.3 Å². The van der Waals surface area contributed by atoms with Crippen LogP contribution in [0.25, 0.3) is 22.3 Å². The molecule has 0 aliphatic rings. The van der Waals surface area contributed by atoms with Crippen LogP contribution in [0.5, 0.6) is 0 Å². The Kier molecular flexibility index (Phi) is 2.71. The Morgan fingerprint density at radius 1 is 1.00 bits per heavy atom. The number of anilines is 2. The van der Waals surface area contributed by atoms with Crippen LogP contribution in [-0.2, 0) is 0 Å². The van der Waals surface area contributed by atoms with E-state index < -0.39 is 0 Å². The van der Waals surface area contributed by atoms with E-state index in [1.807, 2.05) is 0 Å². The second-order valence-electron chi connectivity index (χ2n) is 4.50. The first-order valence-electron chi connectivity index (χ1n) is 6.01. The van der Waals surface area contributed by atoms with Crippen molar-refractivity contribution in [3.05, 3.63) is 41.7 Å². The summed E-state index contributed by atoms with van der Waals surface area (Å²) in [7, 11) is 0. The van der Waals surface area contributed by atoms with Gasteiger partial charge in [-0.05, 0) is 42.8 Å². The fraction of sp³-hybridized carbons (Fsp3) is 0.0714. The number of hydrogen-bond donors (Lipinski definition) is 2. The highest BCUT2D eigenvalue weighted by Gasteiger charge is 2.11. The van der Waals surface area contributed by atoms with Gasteiger partial charge in [0.25, 0.3) is 0 Å². The van der Waals surface area contributed by atoms with Crippen LogP contribution in [-0.4, -0.2) is 15.0 Å². The van der Waals surface area contributed by atoms with E-state index in [-0.39, 0.29) is 11.8 Å². The van der Waals surface area contributed by atoms with E-state index in [1.54, 1.807) is 31.2 Å². The van der Waals surface area contributed by atoms with E-state index in [9.17, 15) is 4.39 Å². The number of nitrogens with zero attached hydrogens (tertiary/aromatic N) is 3. The van der Waals surface area contributed by atoms with Crippen LogP contribution in [0.2, 0.25) is 0 Å². The summed E-state index contributed by atoms with van der Waals surface area (Å²) in [5.41, 5.74) is 13.7. The molecule has 0 bridgehead atoms. The Hall–Kier alpha value is -2.76. The van der Waals surface area contributed by atoms with Gasteiger partial charge in [-0.2, -0.15) is 4.98 Å². The fourth-order valence-electron chi connectivity index (χ4n) is 2.05. The monoisotopic (exact) mass is 269 g/mol. The summed E-state index contributed by atoms with van der Waals surface area (Å²) in [6.07, 6.45) is 0. The first-order valence-corrected chi connectivity index (χ1v) is 6.01. The molecule has 0 saturated heterocycles. The molecule has 100 valence electrons. The third kappa shape index (κ3) is 2.01. The van der Waals surface area contributed by atoms with E-state index >= 15 is 0 Å². The standard InChI is InChI=1S/C14H12FN5/c1-7-6-8(2-4-10(7)15)12-9-3-5-11(16)18-13(9)20-14(17)19-12/h2-6H,1H3,(H4,16,17,18,19,20). The predicted molar refractivity (Wildman–Crippen MR) is 76.3 cm³/mol. The third-order valence-corrected chi connectivity index (χ3v) is 3.03. The molecule has 0 spiro atoms. The Labute approximate surface area is 114 Å². The first kappa shape index (κ1) is 12.3. The number of halogens is 1. The van der Waals surface area contributed by atoms with Crippen LogP contribution < -0.4 is 11.5 Å². The lowest BCUT2D eigenvalue weighted by molar-refractivity contribution is 0.619. The van der Waals surface area contributed by atoms with Crippen LogP contribution >= 0.6 is 0 Å². The topological polar surface area (TPSA) is 90.7 Å². The van der Waals surface area contributed by atoms with Crippen LogP contribution in [0.1, 0.15) is 5.56 Å². The molecule has 0 amide bonds. The van der Waals surface area contributed by atoms with Crippen molar-refractivity contribution in [3.63, 3.8) is 0 Å². The van der Waals surface area contributed by atoms with Crippen molar-refractivity contribution in [2.24, 2.45) is 0 Å². The molecule has 1 aromatic carbocycles. The molecule has 4 N–H and O–H groups in total. The second kappa shape index (κ2) is 4.41. The number of aryl methyl sites for hydroxylation is 1. The van der Waals surface area contributed by atoms with Crippen molar-refractivity contribution in [3.8, 4) is 11.3 Å². The Balaban J connectivity index is 2.32. The van der Waals surface area contributed by atoms with Crippen LogP contribution in [0, 0.1) is 12.7 Å². The zero-order chi connectivity index (χ0) is 14.3. The molecule has 0 unspecified atom stereocenters. The maximum absolute atomic E-state index is 13.4. The number of rotatable bonds is 1. The number of aromatic nitrogens is 3. The Bertz CT molecular complexity index is 811. The molecule has 5 nitrogen and oxygen atoms in total. The zero-order valence-electron chi connectivity index (χ0n) is 10.8. The number of fused-ring (bicyclic) bond motifs is 1. The summed E-state index contributed by atoms with van der Waals surface area (Å²) >= 11 is 0. The minimum absolute atomic E-state index is 0.104. The van der Waals surface area contributed by atoms with E-state index in [0.29, 0.717) is 22.7 Å². The third-order valence-electron chi connectivity index (χ3n) is 3.03. The molecule has 2 heterocycles. The number of benzene rings is 1. The maximum atomic E-state index is 13.4. The highest BCUT2D eigenvalue weighted by Crippen LogP contribution is 2.27. The Morgan fingerprint density at radius 3 is 2.55 bits per heavy atom. The van der Waals surface area contributed by atoms with Gasteiger partial charge in [-0.3, -0.25) is 0 Å². The molecule has 0 radical (unpaired) electrons. The second-order valence-corrected chi connectivity index (χ2v) is 4.50. The van der Waals surface area contributed by atoms with Crippen LogP contribution in [0.4, 0.5) is 16.2 Å². The number of nitrogen functional groups attached to an aromatic ring is 2. The van der Waals surface area contributed by atoms with Gasteiger partial charge in [0, 0.05) is 10.9 Å². The van der Waals surface area contributed by atoms with Gasteiger partial charge < -0.3 is 11.5 Å². The van der Waals surface area contributed by atoms with E-state index in [4.69, 9.17) is 11.5 Å². The molecule has 0 atom stereocenters. The van der Waals surface area contributed by atoms with Crippen LogP contribution in [0.3, 0.4) is 0 Å². The lowest BCUT2D eigenvalue weighted by atomic mass is 10.1.